The van der Waals surface area contributed by atoms with Gasteiger partial charge in [-0.3, -0.25) is 4.90 Å². The first-order valence-corrected chi connectivity index (χ1v) is 6.71. The molecule has 0 bridgehead atoms. The molecule has 1 unspecified atom stereocenters. The molecule has 0 aromatic carbocycles. The first-order valence-electron chi connectivity index (χ1n) is 6.71. The number of aromatic nitrogens is 1. The molecule has 0 spiro atoms. The Balaban J connectivity index is 1.49. The molecule has 2 saturated heterocycles. The van der Waals surface area contributed by atoms with E-state index in [0.29, 0.717) is 12.1 Å². The molecule has 2 aliphatic rings. The molecule has 1 N–H and O–H groups in total. The van der Waals surface area contributed by atoms with Crippen molar-refractivity contribution in [1.82, 2.24) is 15.4 Å². The average molecular weight is 251 g/mol. The SMILES string of the molecule is Cc1noc(C)c1CN1CC[C@@H](NCC2CO2)C1. The normalized spacial score (nSPS) is 27.9. The van der Waals surface area contributed by atoms with Gasteiger partial charge in [0.25, 0.3) is 0 Å². The van der Waals surface area contributed by atoms with Crippen molar-refractivity contribution in [3.05, 3.63) is 17.0 Å². The Kier molecular flexibility index (Phi) is 3.37. The fraction of sp³-hybridized carbons (Fsp3) is 0.769. The van der Waals surface area contributed by atoms with Gasteiger partial charge in [0, 0.05) is 37.8 Å². The summed E-state index contributed by atoms with van der Waals surface area (Å²) in [4.78, 5) is 2.47. The lowest BCUT2D eigenvalue weighted by Gasteiger charge is -2.16. The number of ether oxygens (including phenoxy) is 1. The number of likely N-dealkylation sites (tertiary alicyclic amines) is 1. The van der Waals surface area contributed by atoms with E-state index in [2.05, 4.69) is 15.4 Å². The fourth-order valence-electron chi connectivity index (χ4n) is 2.58. The Morgan fingerprint density at radius 1 is 1.44 bits per heavy atom. The summed E-state index contributed by atoms with van der Waals surface area (Å²) in [6, 6.07) is 0.606. The Labute approximate surface area is 107 Å². The molecule has 5 heteroatoms. The zero-order valence-corrected chi connectivity index (χ0v) is 11.1. The van der Waals surface area contributed by atoms with Gasteiger partial charge >= 0.3 is 0 Å². The predicted molar refractivity (Wildman–Crippen MR) is 67.4 cm³/mol. The molecule has 18 heavy (non-hydrogen) atoms. The Morgan fingerprint density at radius 2 is 2.28 bits per heavy atom. The van der Waals surface area contributed by atoms with Crippen LogP contribution in [0.3, 0.4) is 0 Å². The Hall–Kier alpha value is -0.910. The van der Waals surface area contributed by atoms with E-state index in [1.54, 1.807) is 0 Å². The fourth-order valence-corrected chi connectivity index (χ4v) is 2.58. The monoisotopic (exact) mass is 251 g/mol. The molecule has 1 aromatic heterocycles. The number of hydrogen-bond acceptors (Lipinski definition) is 5. The minimum Gasteiger partial charge on any atom is -0.372 e. The molecule has 5 nitrogen and oxygen atoms in total. The lowest BCUT2D eigenvalue weighted by molar-refractivity contribution is 0.313. The molecule has 2 fully saturated rings. The number of nitrogens with zero attached hydrogens (tertiary/aromatic N) is 2. The minimum absolute atomic E-state index is 0.474. The second kappa shape index (κ2) is 4.99. The third-order valence-corrected chi connectivity index (χ3v) is 3.87. The maximum atomic E-state index is 5.22. The highest BCUT2D eigenvalue weighted by Gasteiger charge is 2.27. The zero-order chi connectivity index (χ0) is 12.5. The molecular formula is C13H21N3O2. The van der Waals surface area contributed by atoms with E-state index in [4.69, 9.17) is 9.26 Å². The minimum atomic E-state index is 0.474. The molecule has 0 radical (unpaired) electrons. The molecule has 3 rings (SSSR count). The van der Waals surface area contributed by atoms with Crippen LogP contribution in [0, 0.1) is 13.8 Å². The summed E-state index contributed by atoms with van der Waals surface area (Å²) in [6.07, 6.45) is 1.69. The van der Waals surface area contributed by atoms with Gasteiger partial charge in [-0.1, -0.05) is 5.16 Å². The van der Waals surface area contributed by atoms with Crippen molar-refractivity contribution in [3.8, 4) is 0 Å². The summed E-state index contributed by atoms with van der Waals surface area (Å²) < 4.78 is 10.4. The van der Waals surface area contributed by atoms with E-state index < -0.39 is 0 Å². The van der Waals surface area contributed by atoms with Crippen LogP contribution in [-0.4, -0.2) is 48.4 Å². The van der Waals surface area contributed by atoms with Crippen LogP contribution in [-0.2, 0) is 11.3 Å². The van der Waals surface area contributed by atoms with Crippen molar-refractivity contribution in [2.75, 3.05) is 26.2 Å². The average Bonchev–Trinajstić information content (AvgIpc) is 3.01. The van der Waals surface area contributed by atoms with E-state index in [0.717, 1.165) is 44.2 Å². The van der Waals surface area contributed by atoms with Crippen molar-refractivity contribution in [3.63, 3.8) is 0 Å². The smallest absolute Gasteiger partial charge is 0.138 e. The summed E-state index contributed by atoms with van der Waals surface area (Å²) in [6.45, 7) is 9.16. The highest BCUT2D eigenvalue weighted by atomic mass is 16.6. The van der Waals surface area contributed by atoms with Gasteiger partial charge in [-0.25, -0.2) is 0 Å². The zero-order valence-electron chi connectivity index (χ0n) is 11.1. The Morgan fingerprint density at radius 3 is 2.94 bits per heavy atom. The summed E-state index contributed by atoms with van der Waals surface area (Å²) in [5, 5.41) is 7.59. The molecule has 100 valence electrons. The maximum Gasteiger partial charge on any atom is 0.138 e. The largest absolute Gasteiger partial charge is 0.372 e. The molecule has 0 amide bonds. The van der Waals surface area contributed by atoms with Crippen LogP contribution in [0.15, 0.2) is 4.52 Å². The quantitative estimate of drug-likeness (QED) is 0.786. The number of hydrogen-bond donors (Lipinski definition) is 1. The van der Waals surface area contributed by atoms with Gasteiger partial charge in [0.1, 0.15) is 5.76 Å². The summed E-state index contributed by atoms with van der Waals surface area (Å²) in [7, 11) is 0. The topological polar surface area (TPSA) is 53.8 Å². The first kappa shape index (κ1) is 12.1. The Bertz CT molecular complexity index is 395. The third kappa shape index (κ3) is 2.74. The predicted octanol–water partition coefficient (Wildman–Crippen LogP) is 0.854. The molecular weight excluding hydrogens is 230 g/mol. The number of epoxide rings is 1. The third-order valence-electron chi connectivity index (χ3n) is 3.87. The van der Waals surface area contributed by atoms with Crippen LogP contribution in [0.1, 0.15) is 23.4 Å². The van der Waals surface area contributed by atoms with Crippen LogP contribution >= 0.6 is 0 Å². The van der Waals surface area contributed by atoms with Crippen molar-refractivity contribution in [1.29, 1.82) is 0 Å². The van der Waals surface area contributed by atoms with E-state index in [1.165, 1.54) is 12.0 Å². The maximum absolute atomic E-state index is 5.22. The van der Waals surface area contributed by atoms with Gasteiger partial charge < -0.3 is 14.6 Å². The van der Waals surface area contributed by atoms with Gasteiger partial charge in [0.2, 0.25) is 0 Å². The van der Waals surface area contributed by atoms with Gasteiger partial charge in [-0.15, -0.1) is 0 Å². The second-order valence-electron chi connectivity index (χ2n) is 5.39. The van der Waals surface area contributed by atoms with Crippen molar-refractivity contribution >= 4 is 0 Å². The van der Waals surface area contributed by atoms with Crippen LogP contribution in [0.4, 0.5) is 0 Å². The van der Waals surface area contributed by atoms with Crippen molar-refractivity contribution in [2.45, 2.75) is 39.0 Å². The van der Waals surface area contributed by atoms with Crippen LogP contribution < -0.4 is 5.32 Å². The number of aryl methyl sites for hydroxylation is 2. The van der Waals surface area contributed by atoms with Crippen LogP contribution in [0.5, 0.6) is 0 Å². The first-order chi connectivity index (χ1) is 8.72. The molecule has 0 aliphatic carbocycles. The van der Waals surface area contributed by atoms with Gasteiger partial charge in [0.15, 0.2) is 0 Å². The highest BCUT2D eigenvalue weighted by Crippen LogP contribution is 2.19. The van der Waals surface area contributed by atoms with E-state index in [-0.39, 0.29) is 0 Å². The molecule has 1 aromatic rings. The van der Waals surface area contributed by atoms with Crippen molar-refractivity contribution < 1.29 is 9.26 Å². The summed E-state index contributed by atoms with van der Waals surface area (Å²) in [5.74, 6) is 0.954. The van der Waals surface area contributed by atoms with E-state index in [1.807, 2.05) is 13.8 Å². The number of nitrogens with one attached hydrogen (secondary N) is 1. The van der Waals surface area contributed by atoms with Crippen LogP contribution in [0.2, 0.25) is 0 Å². The summed E-state index contributed by atoms with van der Waals surface area (Å²) in [5.41, 5.74) is 2.27. The molecule has 2 atom stereocenters. The standard InChI is InChI=1S/C13H21N3O2/c1-9-13(10(2)18-15-9)7-16-4-3-11(6-16)14-5-12-8-17-12/h11-12,14H,3-8H2,1-2H3/t11-,12?/m1/s1. The van der Waals surface area contributed by atoms with Crippen LogP contribution in [0.25, 0.3) is 0 Å². The number of rotatable bonds is 5. The van der Waals surface area contributed by atoms with Crippen molar-refractivity contribution in [2.24, 2.45) is 0 Å². The second-order valence-corrected chi connectivity index (χ2v) is 5.39. The van der Waals surface area contributed by atoms with Gasteiger partial charge in [0.05, 0.1) is 18.4 Å². The highest BCUT2D eigenvalue weighted by molar-refractivity contribution is 5.20. The molecule has 0 saturated carbocycles. The van der Waals surface area contributed by atoms with Gasteiger partial charge in [-0.2, -0.15) is 0 Å². The van der Waals surface area contributed by atoms with E-state index in [9.17, 15) is 0 Å². The summed E-state index contributed by atoms with van der Waals surface area (Å²) >= 11 is 0. The lowest BCUT2D eigenvalue weighted by Crippen LogP contribution is -2.34. The van der Waals surface area contributed by atoms with E-state index >= 15 is 0 Å². The lowest BCUT2D eigenvalue weighted by atomic mass is 10.2. The molecule has 2 aliphatic heterocycles. The molecule has 3 heterocycles. The van der Waals surface area contributed by atoms with Gasteiger partial charge in [-0.05, 0) is 20.3 Å².